The molecular weight excluding hydrogens is 261 g/mol. The lowest BCUT2D eigenvalue weighted by molar-refractivity contribution is -0.198. The van der Waals surface area contributed by atoms with E-state index in [1.54, 1.807) is 12.1 Å². The predicted octanol–water partition coefficient (Wildman–Crippen LogP) is 3.45. The van der Waals surface area contributed by atoms with Crippen LogP contribution in [-0.2, 0) is 4.79 Å². The van der Waals surface area contributed by atoms with Gasteiger partial charge in [0.2, 0.25) is 0 Å². The third-order valence-corrected chi connectivity index (χ3v) is 2.63. The first-order valence-electron chi connectivity index (χ1n) is 5.74. The molecule has 0 aliphatic heterocycles. The van der Waals surface area contributed by atoms with Crippen molar-refractivity contribution < 1.29 is 27.8 Å². The fraction of sp³-hybridized carbons (Fsp3) is 0.462. The second kappa shape index (κ2) is 5.95. The van der Waals surface area contributed by atoms with Crippen LogP contribution in [0.1, 0.15) is 25.3 Å². The van der Waals surface area contributed by atoms with Crippen LogP contribution in [0.4, 0.5) is 13.2 Å². The molecule has 0 aliphatic rings. The zero-order valence-corrected chi connectivity index (χ0v) is 10.6. The zero-order chi connectivity index (χ0) is 14.6. The number of aliphatic carboxylic acids is 1. The molecule has 1 aromatic rings. The Morgan fingerprint density at radius 3 is 2.47 bits per heavy atom. The maximum Gasteiger partial charge on any atom is 0.405 e. The number of hydrogen-bond acceptors (Lipinski definition) is 2. The molecule has 19 heavy (non-hydrogen) atoms. The van der Waals surface area contributed by atoms with E-state index in [1.165, 1.54) is 6.07 Å². The Morgan fingerprint density at radius 1 is 1.37 bits per heavy atom. The van der Waals surface area contributed by atoms with E-state index in [0.717, 1.165) is 5.56 Å². The van der Waals surface area contributed by atoms with Gasteiger partial charge in [0.1, 0.15) is 12.4 Å². The quantitative estimate of drug-likeness (QED) is 0.896. The maximum atomic E-state index is 12.4. The lowest BCUT2D eigenvalue weighted by Gasteiger charge is -2.17. The van der Waals surface area contributed by atoms with E-state index in [0.29, 0.717) is 0 Å². The minimum absolute atomic E-state index is 0.210. The molecule has 0 fully saturated rings. The van der Waals surface area contributed by atoms with Crippen molar-refractivity contribution in [2.45, 2.75) is 25.9 Å². The second-order valence-electron chi connectivity index (χ2n) is 4.47. The first-order valence-corrected chi connectivity index (χ1v) is 5.74. The Bertz CT molecular complexity index is 441. The monoisotopic (exact) mass is 276 g/mol. The third kappa shape index (κ3) is 4.46. The zero-order valence-electron chi connectivity index (χ0n) is 10.6. The second-order valence-corrected chi connectivity index (χ2v) is 4.47. The summed E-state index contributed by atoms with van der Waals surface area (Å²) in [5.41, 5.74) is 0.913. The van der Waals surface area contributed by atoms with Gasteiger partial charge in [0.05, 0.1) is 0 Å². The Kier molecular flexibility index (Phi) is 4.80. The van der Waals surface area contributed by atoms with Crippen LogP contribution in [0, 0.1) is 5.92 Å². The lowest BCUT2D eigenvalue weighted by Crippen LogP contribution is -2.35. The molecule has 0 bridgehead atoms. The number of benzene rings is 1. The van der Waals surface area contributed by atoms with Crippen molar-refractivity contribution in [3.63, 3.8) is 0 Å². The maximum absolute atomic E-state index is 12.4. The largest absolute Gasteiger partial charge is 0.492 e. The van der Waals surface area contributed by atoms with Gasteiger partial charge in [-0.15, -0.1) is 0 Å². The molecule has 0 saturated carbocycles. The summed E-state index contributed by atoms with van der Waals surface area (Å²) in [6.07, 6.45) is -4.82. The van der Waals surface area contributed by atoms with Gasteiger partial charge in [0, 0.05) is 0 Å². The molecule has 1 N–H and O–H groups in total. The lowest BCUT2D eigenvalue weighted by atomic mass is 10.0. The average molecular weight is 276 g/mol. The van der Waals surface area contributed by atoms with Crippen LogP contribution in [0.2, 0.25) is 0 Å². The Labute approximate surface area is 109 Å². The summed E-state index contributed by atoms with van der Waals surface area (Å²) in [5, 5.41) is 8.53. The molecule has 1 rings (SSSR count). The highest BCUT2D eigenvalue weighted by molar-refractivity contribution is 5.71. The predicted molar refractivity (Wildman–Crippen MR) is 63.2 cm³/mol. The van der Waals surface area contributed by atoms with E-state index in [2.05, 4.69) is 0 Å². The number of carboxylic acids is 1. The summed E-state index contributed by atoms with van der Waals surface area (Å²) >= 11 is 0. The molecule has 106 valence electrons. The molecule has 1 aromatic carbocycles. The summed E-state index contributed by atoms with van der Waals surface area (Å²) in [4.78, 5) is 10.5. The fourth-order valence-electron chi connectivity index (χ4n) is 1.45. The van der Waals surface area contributed by atoms with Crippen molar-refractivity contribution in [1.29, 1.82) is 0 Å². The normalized spacial score (nSPS) is 13.4. The van der Waals surface area contributed by atoms with Crippen molar-refractivity contribution in [1.82, 2.24) is 0 Å². The van der Waals surface area contributed by atoms with Gasteiger partial charge in [-0.2, -0.15) is 13.2 Å². The van der Waals surface area contributed by atoms with Crippen LogP contribution in [0.15, 0.2) is 24.3 Å². The van der Waals surface area contributed by atoms with E-state index < -0.39 is 24.7 Å². The minimum Gasteiger partial charge on any atom is -0.492 e. The SMILES string of the molecule is CC(C)c1cccc(OCC(C(=O)O)C(F)(F)F)c1. The highest BCUT2D eigenvalue weighted by Gasteiger charge is 2.45. The van der Waals surface area contributed by atoms with Gasteiger partial charge < -0.3 is 9.84 Å². The molecule has 1 atom stereocenters. The Balaban J connectivity index is 2.75. The fourth-order valence-corrected chi connectivity index (χ4v) is 1.45. The molecule has 0 saturated heterocycles. The van der Waals surface area contributed by atoms with Crippen molar-refractivity contribution in [3.8, 4) is 5.75 Å². The van der Waals surface area contributed by atoms with Gasteiger partial charge >= 0.3 is 12.1 Å². The van der Waals surface area contributed by atoms with Crippen molar-refractivity contribution in [2.24, 2.45) is 5.92 Å². The number of rotatable bonds is 5. The van der Waals surface area contributed by atoms with Crippen LogP contribution >= 0.6 is 0 Å². The minimum atomic E-state index is -4.82. The number of hydrogen-bond donors (Lipinski definition) is 1. The summed E-state index contributed by atoms with van der Waals surface area (Å²) in [7, 11) is 0. The number of carboxylic acid groups (broad SMARTS) is 1. The Morgan fingerprint density at radius 2 is 2.00 bits per heavy atom. The molecule has 0 spiro atoms. The van der Waals surface area contributed by atoms with Gasteiger partial charge in [0.15, 0.2) is 5.92 Å². The van der Waals surface area contributed by atoms with Gasteiger partial charge in [0.25, 0.3) is 0 Å². The van der Waals surface area contributed by atoms with Crippen molar-refractivity contribution >= 4 is 5.97 Å². The molecule has 0 aromatic heterocycles. The van der Waals surface area contributed by atoms with E-state index >= 15 is 0 Å². The number of alkyl halides is 3. The van der Waals surface area contributed by atoms with Crippen LogP contribution in [0.25, 0.3) is 0 Å². The standard InChI is InChI=1S/C13H15F3O3/c1-8(2)9-4-3-5-10(6-9)19-7-11(12(17)18)13(14,15)16/h3-6,8,11H,7H2,1-2H3,(H,17,18). The average Bonchev–Trinajstić information content (AvgIpc) is 2.27. The topological polar surface area (TPSA) is 46.5 Å². The highest BCUT2D eigenvalue weighted by atomic mass is 19.4. The first-order chi connectivity index (χ1) is 8.71. The van der Waals surface area contributed by atoms with Gasteiger partial charge in [-0.3, -0.25) is 4.79 Å². The smallest absolute Gasteiger partial charge is 0.405 e. The molecule has 0 heterocycles. The number of halogens is 3. The highest BCUT2D eigenvalue weighted by Crippen LogP contribution is 2.28. The molecule has 0 aliphatic carbocycles. The van der Waals surface area contributed by atoms with Crippen LogP contribution in [0.3, 0.4) is 0 Å². The molecular formula is C13H15F3O3. The molecule has 3 nitrogen and oxygen atoms in total. The molecule has 1 unspecified atom stereocenters. The Hall–Kier alpha value is -1.72. The van der Waals surface area contributed by atoms with Crippen LogP contribution < -0.4 is 4.74 Å². The van der Waals surface area contributed by atoms with E-state index in [4.69, 9.17) is 9.84 Å². The summed E-state index contributed by atoms with van der Waals surface area (Å²) in [6.45, 7) is 2.95. The summed E-state index contributed by atoms with van der Waals surface area (Å²) < 4.78 is 42.2. The van der Waals surface area contributed by atoms with Gasteiger partial charge in [-0.25, -0.2) is 0 Å². The van der Waals surface area contributed by atoms with Crippen molar-refractivity contribution in [2.75, 3.05) is 6.61 Å². The van der Waals surface area contributed by atoms with Crippen LogP contribution in [-0.4, -0.2) is 23.9 Å². The first kappa shape index (κ1) is 15.3. The molecule has 0 amide bonds. The van der Waals surface area contributed by atoms with Crippen molar-refractivity contribution in [3.05, 3.63) is 29.8 Å². The van der Waals surface area contributed by atoms with Gasteiger partial charge in [-0.05, 0) is 23.6 Å². The number of carbonyl (C=O) groups is 1. The van der Waals surface area contributed by atoms with E-state index in [1.807, 2.05) is 19.9 Å². The third-order valence-electron chi connectivity index (χ3n) is 2.63. The number of ether oxygens (including phenoxy) is 1. The van der Waals surface area contributed by atoms with E-state index in [9.17, 15) is 18.0 Å². The summed E-state index contributed by atoms with van der Waals surface area (Å²) in [5.74, 6) is -4.01. The van der Waals surface area contributed by atoms with Crippen LogP contribution in [0.5, 0.6) is 5.75 Å². The summed E-state index contributed by atoms with van der Waals surface area (Å²) in [6, 6.07) is 6.60. The van der Waals surface area contributed by atoms with Gasteiger partial charge in [-0.1, -0.05) is 26.0 Å². The molecule has 6 heteroatoms. The van der Waals surface area contributed by atoms with E-state index in [-0.39, 0.29) is 11.7 Å². The molecule has 0 radical (unpaired) electrons.